The highest BCUT2D eigenvalue weighted by molar-refractivity contribution is 6.91. The smallest absolute Gasteiger partial charge is 0.310 e. The zero-order valence-corrected chi connectivity index (χ0v) is 16.6. The molecule has 0 aromatic heterocycles. The summed E-state index contributed by atoms with van der Waals surface area (Å²) in [5, 5.41) is 1.47. The van der Waals surface area contributed by atoms with E-state index in [4.69, 9.17) is 4.74 Å². The molecule has 0 radical (unpaired) electrons. The predicted molar refractivity (Wildman–Crippen MR) is 102 cm³/mol. The first kappa shape index (κ1) is 19.7. The third kappa shape index (κ3) is 6.74. The first-order valence-electron chi connectivity index (χ1n) is 8.61. The molecule has 1 aromatic rings. The largest absolute Gasteiger partial charge is 0.460 e. The van der Waals surface area contributed by atoms with Crippen molar-refractivity contribution < 1.29 is 9.53 Å². The zero-order chi connectivity index (χ0) is 17.5. The van der Waals surface area contributed by atoms with Crippen molar-refractivity contribution in [2.24, 2.45) is 0 Å². The van der Waals surface area contributed by atoms with E-state index in [2.05, 4.69) is 56.4 Å². The number of hydrogen-bond acceptors (Lipinski definition) is 2. The standard InChI is InChI=1S/C20H32O2Si/c1-7-12-17(15-11-16-19(21)22-20(2,3)4)23(5,6)18-13-9-8-10-14-18/h8-11,13-15,17H,7,12,16H2,1-6H3/b15-11+. The molecule has 3 heteroatoms. The molecule has 0 aliphatic carbocycles. The number of carbonyl (C=O) groups is 1. The van der Waals surface area contributed by atoms with Crippen LogP contribution in [0.5, 0.6) is 0 Å². The van der Waals surface area contributed by atoms with E-state index < -0.39 is 13.7 Å². The Morgan fingerprint density at radius 2 is 1.83 bits per heavy atom. The van der Waals surface area contributed by atoms with E-state index in [1.807, 2.05) is 26.8 Å². The molecule has 1 unspecified atom stereocenters. The summed E-state index contributed by atoms with van der Waals surface area (Å²) in [6.07, 6.45) is 6.94. The minimum absolute atomic E-state index is 0.150. The quantitative estimate of drug-likeness (QED) is 0.396. The highest BCUT2D eigenvalue weighted by Gasteiger charge is 2.31. The van der Waals surface area contributed by atoms with Crippen LogP contribution in [0, 0.1) is 0 Å². The monoisotopic (exact) mass is 332 g/mol. The molecular formula is C20H32O2Si. The van der Waals surface area contributed by atoms with Crippen molar-refractivity contribution in [1.82, 2.24) is 0 Å². The summed E-state index contributed by atoms with van der Waals surface area (Å²) in [7, 11) is -1.59. The van der Waals surface area contributed by atoms with Crippen LogP contribution < -0.4 is 5.19 Å². The first-order chi connectivity index (χ1) is 10.7. The van der Waals surface area contributed by atoms with Gasteiger partial charge in [0.05, 0.1) is 14.5 Å². The fourth-order valence-electron chi connectivity index (χ4n) is 2.80. The van der Waals surface area contributed by atoms with Crippen LogP contribution >= 0.6 is 0 Å². The van der Waals surface area contributed by atoms with Gasteiger partial charge in [-0.05, 0) is 32.7 Å². The maximum absolute atomic E-state index is 11.9. The number of rotatable bonds is 7. The highest BCUT2D eigenvalue weighted by atomic mass is 28.3. The Labute approximate surface area is 143 Å². The lowest BCUT2D eigenvalue weighted by Gasteiger charge is -2.31. The molecule has 0 N–H and O–H groups in total. The lowest BCUT2D eigenvalue weighted by atomic mass is 10.2. The van der Waals surface area contributed by atoms with E-state index in [0.29, 0.717) is 12.0 Å². The second kappa shape index (κ2) is 8.49. The van der Waals surface area contributed by atoms with Crippen molar-refractivity contribution in [3.8, 4) is 0 Å². The average Bonchev–Trinajstić information content (AvgIpc) is 2.45. The molecule has 0 amide bonds. The molecule has 0 saturated carbocycles. The summed E-state index contributed by atoms with van der Waals surface area (Å²) >= 11 is 0. The molecule has 128 valence electrons. The van der Waals surface area contributed by atoms with Crippen LogP contribution in [0.3, 0.4) is 0 Å². The number of esters is 1. The molecular weight excluding hydrogens is 300 g/mol. The summed E-state index contributed by atoms with van der Waals surface area (Å²) in [6.45, 7) is 12.8. The van der Waals surface area contributed by atoms with Crippen molar-refractivity contribution >= 4 is 19.2 Å². The molecule has 1 rings (SSSR count). The molecule has 1 aromatic carbocycles. The summed E-state index contributed by atoms with van der Waals surface area (Å²) in [5.41, 5.74) is 0.128. The van der Waals surface area contributed by atoms with Gasteiger partial charge in [-0.2, -0.15) is 0 Å². The van der Waals surface area contributed by atoms with Gasteiger partial charge in [-0.25, -0.2) is 0 Å². The van der Waals surface area contributed by atoms with Gasteiger partial charge in [0.25, 0.3) is 0 Å². The zero-order valence-electron chi connectivity index (χ0n) is 15.6. The van der Waals surface area contributed by atoms with Crippen LogP contribution in [0.25, 0.3) is 0 Å². The Hall–Kier alpha value is -1.35. The molecule has 0 saturated heterocycles. The third-order valence-electron chi connectivity index (χ3n) is 4.12. The molecule has 0 spiro atoms. The van der Waals surface area contributed by atoms with Gasteiger partial charge < -0.3 is 4.74 Å². The summed E-state index contributed by atoms with van der Waals surface area (Å²) < 4.78 is 5.37. The van der Waals surface area contributed by atoms with E-state index in [1.54, 1.807) is 0 Å². The minimum atomic E-state index is -1.59. The van der Waals surface area contributed by atoms with Crippen molar-refractivity contribution in [1.29, 1.82) is 0 Å². The Morgan fingerprint density at radius 1 is 1.22 bits per heavy atom. The maximum atomic E-state index is 11.9. The molecule has 0 heterocycles. The Balaban J connectivity index is 2.78. The number of allylic oxidation sites excluding steroid dienone is 1. The minimum Gasteiger partial charge on any atom is -0.460 e. The van der Waals surface area contributed by atoms with Crippen LogP contribution in [0.4, 0.5) is 0 Å². The van der Waals surface area contributed by atoms with E-state index in [9.17, 15) is 4.79 Å². The van der Waals surface area contributed by atoms with E-state index in [0.717, 1.165) is 6.42 Å². The molecule has 0 bridgehead atoms. The third-order valence-corrected chi connectivity index (χ3v) is 8.27. The maximum Gasteiger partial charge on any atom is 0.310 e. The van der Waals surface area contributed by atoms with Crippen LogP contribution in [0.15, 0.2) is 42.5 Å². The number of hydrogen-bond donors (Lipinski definition) is 0. The van der Waals surface area contributed by atoms with Gasteiger partial charge in [-0.15, -0.1) is 0 Å². The summed E-state index contributed by atoms with van der Waals surface area (Å²) in [5.74, 6) is -0.150. The van der Waals surface area contributed by atoms with Gasteiger partial charge in [0.15, 0.2) is 0 Å². The van der Waals surface area contributed by atoms with Crippen molar-refractivity contribution in [3.05, 3.63) is 42.5 Å². The normalized spacial score (nSPS) is 14.0. The van der Waals surface area contributed by atoms with Crippen LogP contribution in [0.1, 0.15) is 47.0 Å². The number of ether oxygens (including phenoxy) is 1. The molecule has 2 nitrogen and oxygen atoms in total. The lowest BCUT2D eigenvalue weighted by Crippen LogP contribution is -2.45. The fraction of sp³-hybridized carbons (Fsp3) is 0.550. The van der Waals surface area contributed by atoms with Gasteiger partial charge in [0.2, 0.25) is 0 Å². The molecule has 1 atom stereocenters. The number of benzene rings is 1. The van der Waals surface area contributed by atoms with Gasteiger partial charge in [0.1, 0.15) is 5.60 Å². The van der Waals surface area contributed by atoms with Gasteiger partial charge in [-0.3, -0.25) is 4.79 Å². The van der Waals surface area contributed by atoms with Crippen molar-refractivity contribution in [2.45, 2.75) is 71.2 Å². The molecule has 0 aliphatic rings. The summed E-state index contributed by atoms with van der Waals surface area (Å²) in [4.78, 5) is 11.9. The SMILES string of the molecule is CCCC(/C=C/CC(=O)OC(C)(C)C)[Si](C)(C)c1ccccc1. The molecule has 23 heavy (non-hydrogen) atoms. The Kier molecular flexibility index (Phi) is 7.27. The fourth-order valence-corrected chi connectivity index (χ4v) is 5.91. The van der Waals surface area contributed by atoms with Crippen LogP contribution in [0.2, 0.25) is 18.6 Å². The van der Waals surface area contributed by atoms with Crippen LogP contribution in [-0.4, -0.2) is 19.6 Å². The molecule has 0 aliphatic heterocycles. The first-order valence-corrected chi connectivity index (χ1v) is 11.7. The second-order valence-electron chi connectivity index (χ2n) is 7.70. The van der Waals surface area contributed by atoms with Gasteiger partial charge in [0, 0.05) is 0 Å². The van der Waals surface area contributed by atoms with E-state index >= 15 is 0 Å². The lowest BCUT2D eigenvalue weighted by molar-refractivity contribution is -0.153. The second-order valence-corrected chi connectivity index (χ2v) is 12.5. The summed E-state index contributed by atoms with van der Waals surface area (Å²) in [6, 6.07) is 10.8. The predicted octanol–water partition coefficient (Wildman–Crippen LogP) is 5.06. The van der Waals surface area contributed by atoms with Crippen LogP contribution in [-0.2, 0) is 9.53 Å². The number of carbonyl (C=O) groups excluding carboxylic acids is 1. The Morgan fingerprint density at radius 3 is 2.35 bits per heavy atom. The van der Waals surface area contributed by atoms with E-state index in [1.165, 1.54) is 11.6 Å². The van der Waals surface area contributed by atoms with E-state index in [-0.39, 0.29) is 5.97 Å². The van der Waals surface area contributed by atoms with Gasteiger partial charge in [-0.1, -0.05) is 74.1 Å². The van der Waals surface area contributed by atoms with Gasteiger partial charge >= 0.3 is 5.97 Å². The molecule has 0 fully saturated rings. The van der Waals surface area contributed by atoms with Crippen molar-refractivity contribution in [3.63, 3.8) is 0 Å². The Bertz CT molecular complexity index is 512. The highest BCUT2D eigenvalue weighted by Crippen LogP contribution is 2.28. The topological polar surface area (TPSA) is 26.3 Å². The van der Waals surface area contributed by atoms with Crippen molar-refractivity contribution in [2.75, 3.05) is 0 Å². The average molecular weight is 333 g/mol.